The Balaban J connectivity index is 1.85. The van der Waals surface area contributed by atoms with E-state index in [9.17, 15) is 9.59 Å². The average molecular weight is 650 g/mol. The molecule has 1 aromatic carbocycles. The zero-order valence-corrected chi connectivity index (χ0v) is 24.7. The van der Waals surface area contributed by atoms with E-state index in [1.165, 1.54) is 18.1 Å². The van der Waals surface area contributed by atoms with Crippen molar-refractivity contribution < 1.29 is 27.8 Å². The van der Waals surface area contributed by atoms with Gasteiger partial charge in [0, 0.05) is 19.3 Å². The highest BCUT2D eigenvalue weighted by Gasteiger charge is 2.23. The Kier molecular flexibility index (Phi) is 8.67. The molecular formula is C24H30F2IN5O4S. The fraction of sp³-hybridized carbons (Fsp3) is 0.458. The number of carbonyl (C=O) groups is 2. The molecule has 3 rings (SSSR count). The van der Waals surface area contributed by atoms with Gasteiger partial charge in [0.25, 0.3) is 0 Å². The van der Waals surface area contributed by atoms with Crippen LogP contribution in [-0.4, -0.2) is 80.6 Å². The molecule has 2 heterocycles. The first-order valence-electron chi connectivity index (χ1n) is 11.2. The van der Waals surface area contributed by atoms with Crippen LogP contribution in [0.2, 0.25) is 0 Å². The van der Waals surface area contributed by atoms with Crippen LogP contribution < -0.4 is 0 Å². The van der Waals surface area contributed by atoms with E-state index >= 15 is 8.78 Å². The lowest BCUT2D eigenvalue weighted by atomic mass is 10.1. The highest BCUT2D eigenvalue weighted by Crippen LogP contribution is 2.33. The van der Waals surface area contributed by atoms with Crippen LogP contribution in [-0.2, 0) is 16.0 Å². The van der Waals surface area contributed by atoms with Crippen molar-refractivity contribution in [3.8, 4) is 11.4 Å². The maximum absolute atomic E-state index is 15.0. The fourth-order valence-electron chi connectivity index (χ4n) is 3.18. The lowest BCUT2D eigenvalue weighted by molar-refractivity contribution is 0.0284. The van der Waals surface area contributed by atoms with Crippen LogP contribution in [0.3, 0.4) is 0 Å². The third kappa shape index (κ3) is 7.49. The number of hydrogen-bond acceptors (Lipinski definition) is 7. The van der Waals surface area contributed by atoms with Gasteiger partial charge in [0.1, 0.15) is 38.6 Å². The normalized spacial score (nSPS) is 12.5. The molecule has 13 heteroatoms. The molecule has 0 saturated carbocycles. The molecule has 0 saturated heterocycles. The number of rotatable bonds is 6. The maximum Gasteiger partial charge on any atom is 0.435 e. The lowest BCUT2D eigenvalue weighted by Gasteiger charge is -2.24. The summed E-state index contributed by atoms with van der Waals surface area (Å²) >= 11 is 1.89. The van der Waals surface area contributed by atoms with Crippen molar-refractivity contribution in [2.75, 3.05) is 38.2 Å². The molecule has 0 aliphatic rings. The molecule has 9 nitrogen and oxygen atoms in total. The zero-order chi connectivity index (χ0) is 27.7. The van der Waals surface area contributed by atoms with Gasteiger partial charge in [-0.2, -0.15) is 9.78 Å². The number of hydrogen-bond donors (Lipinski definition) is 0. The summed E-state index contributed by atoms with van der Waals surface area (Å²) in [6.07, 6.45) is 6.34. The molecule has 0 unspecified atom stereocenters. The second kappa shape index (κ2) is 11.1. The molecule has 0 aliphatic carbocycles. The quantitative estimate of drug-likeness (QED) is 0.329. The molecule has 0 radical (unpaired) electrons. The largest absolute Gasteiger partial charge is 0.447 e. The van der Waals surface area contributed by atoms with Crippen molar-refractivity contribution in [1.29, 1.82) is 0 Å². The monoisotopic (exact) mass is 649 g/mol. The van der Waals surface area contributed by atoms with E-state index in [0.29, 0.717) is 3.70 Å². The minimum absolute atomic E-state index is 0.0631. The highest BCUT2D eigenvalue weighted by atomic mass is 127. The third-order valence-electron chi connectivity index (χ3n) is 4.93. The van der Waals surface area contributed by atoms with E-state index < -0.39 is 45.0 Å². The average Bonchev–Trinajstić information content (AvgIpc) is 3.07. The first-order chi connectivity index (χ1) is 17.1. The summed E-state index contributed by atoms with van der Waals surface area (Å²) in [5, 5.41) is 4.17. The smallest absolute Gasteiger partial charge is 0.435 e. The predicted octanol–water partition coefficient (Wildman–Crippen LogP) is 5.42. The van der Waals surface area contributed by atoms with Crippen molar-refractivity contribution in [2.24, 2.45) is 0 Å². The van der Waals surface area contributed by atoms with Crippen molar-refractivity contribution >= 4 is 55.8 Å². The first-order valence-corrected chi connectivity index (χ1v) is 15.3. The van der Waals surface area contributed by atoms with E-state index in [0.717, 1.165) is 22.6 Å². The second-order valence-electron chi connectivity index (χ2n) is 10.3. The van der Waals surface area contributed by atoms with E-state index in [2.05, 4.69) is 33.8 Å². The van der Waals surface area contributed by atoms with Crippen LogP contribution in [0.5, 0.6) is 0 Å². The summed E-state index contributed by atoms with van der Waals surface area (Å²) < 4.78 is 42.1. The van der Waals surface area contributed by atoms with Crippen molar-refractivity contribution in [1.82, 2.24) is 24.6 Å². The van der Waals surface area contributed by atoms with Gasteiger partial charge in [0.05, 0.1) is 11.8 Å². The fourth-order valence-corrected chi connectivity index (χ4v) is 4.38. The molecule has 0 N–H and O–H groups in total. The Morgan fingerprint density at radius 3 is 2.35 bits per heavy atom. The molecule has 0 bridgehead atoms. The van der Waals surface area contributed by atoms with Crippen LogP contribution in [0.15, 0.2) is 18.3 Å². The van der Waals surface area contributed by atoms with Gasteiger partial charge in [-0.15, -0.1) is 0 Å². The molecule has 202 valence electrons. The van der Waals surface area contributed by atoms with E-state index in [4.69, 9.17) is 9.47 Å². The van der Waals surface area contributed by atoms with Gasteiger partial charge in [-0.05, 0) is 79.8 Å². The lowest BCUT2D eigenvalue weighted by Crippen LogP contribution is -2.33. The van der Waals surface area contributed by atoms with Gasteiger partial charge in [0.2, 0.25) is 0 Å². The standard InChI is InChI=1S/C24H30F2IN5O4S/c1-24(2,3)36-22(33)31(4)13-14-10-15(25)18(16(26)11-14)21-28-12-17-19(29-21)20(27)30-32(17)23(34)35-8-9-37(5,6)7/h10-12H,8-9,13H2,1-7H3. The number of nitrogens with zero attached hydrogens (tertiary/aromatic N) is 5. The topological polar surface area (TPSA) is 99.4 Å². The SMILES string of the molecule is CN(Cc1cc(F)c(-c2ncc3c(n2)c(I)nn3C(=O)OCCS(C)(C)C)c(F)c1)C(=O)OC(C)(C)C. The summed E-state index contributed by atoms with van der Waals surface area (Å²) in [5.74, 6) is -1.23. The van der Waals surface area contributed by atoms with Gasteiger partial charge >= 0.3 is 12.2 Å². The van der Waals surface area contributed by atoms with Gasteiger partial charge in [-0.25, -0.2) is 38.4 Å². The van der Waals surface area contributed by atoms with E-state index in [-0.39, 0.29) is 35.6 Å². The number of amides is 1. The Morgan fingerprint density at radius 1 is 1.16 bits per heavy atom. The molecule has 0 atom stereocenters. The molecule has 2 aromatic heterocycles. The van der Waals surface area contributed by atoms with Crippen molar-refractivity contribution in [3.05, 3.63) is 39.2 Å². The number of halogens is 3. The number of carbonyl (C=O) groups excluding carboxylic acids is 2. The Hall–Kier alpha value is -2.55. The summed E-state index contributed by atoms with van der Waals surface area (Å²) in [7, 11) is 0.641. The molecule has 37 heavy (non-hydrogen) atoms. The van der Waals surface area contributed by atoms with Crippen LogP contribution in [0.1, 0.15) is 26.3 Å². The maximum atomic E-state index is 15.0. The van der Waals surface area contributed by atoms with E-state index in [1.807, 2.05) is 22.6 Å². The zero-order valence-electron chi connectivity index (χ0n) is 21.8. The van der Waals surface area contributed by atoms with Crippen molar-refractivity contribution in [2.45, 2.75) is 32.9 Å². The number of benzene rings is 1. The molecule has 1 amide bonds. The molecule has 3 aromatic rings. The minimum Gasteiger partial charge on any atom is -0.447 e. The summed E-state index contributed by atoms with van der Waals surface area (Å²) in [6.45, 7) is 5.37. The second-order valence-corrected chi connectivity index (χ2v) is 15.9. The van der Waals surface area contributed by atoms with Gasteiger partial charge in [-0.3, -0.25) is 0 Å². The molecular weight excluding hydrogens is 619 g/mol. The Labute approximate surface area is 229 Å². The highest BCUT2D eigenvalue weighted by molar-refractivity contribution is 14.1. The van der Waals surface area contributed by atoms with Crippen LogP contribution in [0, 0.1) is 15.3 Å². The molecule has 0 aliphatic heterocycles. The third-order valence-corrected chi connectivity index (χ3v) is 7.04. The number of fused-ring (bicyclic) bond motifs is 1. The van der Waals surface area contributed by atoms with Crippen LogP contribution in [0.4, 0.5) is 18.4 Å². The van der Waals surface area contributed by atoms with Crippen LogP contribution >= 0.6 is 32.6 Å². The van der Waals surface area contributed by atoms with Gasteiger partial charge in [0.15, 0.2) is 5.82 Å². The molecule has 0 fully saturated rings. The van der Waals surface area contributed by atoms with E-state index in [1.54, 1.807) is 20.8 Å². The van der Waals surface area contributed by atoms with Crippen LogP contribution in [0.25, 0.3) is 22.4 Å². The van der Waals surface area contributed by atoms with Gasteiger partial charge < -0.3 is 14.4 Å². The summed E-state index contributed by atoms with van der Waals surface area (Å²) in [4.78, 5) is 34.3. The first kappa shape index (κ1) is 29.0. The molecule has 0 spiro atoms. The minimum atomic E-state index is -0.890. The van der Waals surface area contributed by atoms with Gasteiger partial charge in [-0.1, -0.05) is 0 Å². The summed E-state index contributed by atoms with van der Waals surface area (Å²) in [6, 6.07) is 2.24. The summed E-state index contributed by atoms with van der Waals surface area (Å²) in [5.41, 5.74) is -0.369. The predicted molar refractivity (Wildman–Crippen MR) is 148 cm³/mol. The Bertz CT molecular complexity index is 1310. The van der Waals surface area contributed by atoms with Crippen molar-refractivity contribution in [3.63, 3.8) is 0 Å². The Morgan fingerprint density at radius 2 is 1.78 bits per heavy atom. The number of aromatic nitrogens is 4. The number of ether oxygens (including phenoxy) is 2.